The number of aromatic nitrogens is 5. The van der Waals surface area contributed by atoms with E-state index in [1.165, 1.54) is 0 Å². The highest BCUT2D eigenvalue weighted by molar-refractivity contribution is 5.79. The molecule has 11 nitrogen and oxygen atoms in total. The number of rotatable bonds is 7. The lowest BCUT2D eigenvalue weighted by molar-refractivity contribution is -0.0291. The van der Waals surface area contributed by atoms with Gasteiger partial charge in [-0.1, -0.05) is 0 Å². The van der Waals surface area contributed by atoms with Gasteiger partial charge in [0, 0.05) is 18.7 Å². The molecule has 0 unspecified atom stereocenters. The molecule has 32 heavy (non-hydrogen) atoms. The van der Waals surface area contributed by atoms with E-state index in [1.807, 2.05) is 29.3 Å². The van der Waals surface area contributed by atoms with Crippen molar-refractivity contribution < 1.29 is 18.9 Å². The van der Waals surface area contributed by atoms with Crippen LogP contribution in [0.5, 0.6) is 5.88 Å². The second-order valence-corrected chi connectivity index (χ2v) is 8.17. The molecule has 3 aromatic heterocycles. The maximum Gasteiger partial charge on any atom is 0.257 e. The van der Waals surface area contributed by atoms with E-state index in [0.717, 1.165) is 5.39 Å². The lowest BCUT2D eigenvalue weighted by Crippen LogP contribution is -2.30. The molecule has 5 rings (SSSR count). The van der Waals surface area contributed by atoms with Crippen molar-refractivity contribution in [1.82, 2.24) is 24.3 Å². The third-order valence-electron chi connectivity index (χ3n) is 5.61. The summed E-state index contributed by atoms with van der Waals surface area (Å²) in [5, 5.41) is 18.3. The molecule has 0 spiro atoms. The van der Waals surface area contributed by atoms with E-state index in [1.54, 1.807) is 19.4 Å². The summed E-state index contributed by atoms with van der Waals surface area (Å²) in [7, 11) is 1.65. The normalized spacial score (nSPS) is 21.1. The smallest absolute Gasteiger partial charge is 0.257 e. The van der Waals surface area contributed by atoms with Crippen LogP contribution in [0.15, 0.2) is 18.5 Å². The zero-order chi connectivity index (χ0) is 22.2. The summed E-state index contributed by atoms with van der Waals surface area (Å²) in [5.41, 5.74) is 1.80. The number of fused-ring (bicyclic) bond motifs is 1. The van der Waals surface area contributed by atoms with Gasteiger partial charge in [-0.2, -0.15) is 10.2 Å². The zero-order valence-electron chi connectivity index (χ0n) is 18.2. The standard InChI is InChI=1S/C21H25N7O4/c1-12(2)32-20-16(7-27(26-20)15-8-30-9-15)24-21-23-6-13-4-14(5-22)28(19(13)25-21)17-10-31-11-18(17)29-3/h4,6-7,12,15,17-18H,8-11H2,1-3H3,(H,23,24,25)/t17-,18+/m1/s1. The Labute approximate surface area is 184 Å². The van der Waals surface area contributed by atoms with E-state index in [-0.39, 0.29) is 24.3 Å². The first-order valence-electron chi connectivity index (χ1n) is 10.6. The van der Waals surface area contributed by atoms with Crippen molar-refractivity contribution in [3.8, 4) is 11.9 Å². The average molecular weight is 439 g/mol. The lowest BCUT2D eigenvalue weighted by Gasteiger charge is -2.25. The molecule has 2 saturated heterocycles. The van der Waals surface area contributed by atoms with Crippen molar-refractivity contribution in [1.29, 1.82) is 5.26 Å². The van der Waals surface area contributed by atoms with E-state index in [2.05, 4.69) is 21.5 Å². The minimum atomic E-state index is -0.155. The number of nitriles is 1. The zero-order valence-corrected chi connectivity index (χ0v) is 18.2. The molecule has 11 heteroatoms. The molecule has 0 radical (unpaired) electrons. The molecule has 0 aromatic carbocycles. The lowest BCUT2D eigenvalue weighted by atomic mass is 10.2. The number of nitrogens with zero attached hydrogens (tertiary/aromatic N) is 6. The number of methoxy groups -OCH3 is 1. The van der Waals surface area contributed by atoms with Crippen LogP contribution in [0, 0.1) is 11.3 Å². The average Bonchev–Trinajstić information content (AvgIpc) is 3.43. The predicted molar refractivity (Wildman–Crippen MR) is 114 cm³/mol. The van der Waals surface area contributed by atoms with Crippen LogP contribution in [-0.2, 0) is 14.2 Å². The molecule has 5 heterocycles. The Hall–Kier alpha value is -3.20. The van der Waals surface area contributed by atoms with Crippen molar-refractivity contribution in [3.05, 3.63) is 24.2 Å². The molecule has 2 fully saturated rings. The highest BCUT2D eigenvalue weighted by atomic mass is 16.5. The Bertz CT molecular complexity index is 1160. The van der Waals surface area contributed by atoms with E-state index < -0.39 is 0 Å². The molecular formula is C21H25N7O4. The van der Waals surface area contributed by atoms with Crippen LogP contribution in [0.1, 0.15) is 31.6 Å². The highest BCUT2D eigenvalue weighted by Gasteiger charge is 2.33. The van der Waals surface area contributed by atoms with Gasteiger partial charge < -0.3 is 28.8 Å². The van der Waals surface area contributed by atoms with Gasteiger partial charge in [-0.25, -0.2) is 4.98 Å². The Balaban J connectivity index is 1.51. The van der Waals surface area contributed by atoms with Crippen LogP contribution in [0.4, 0.5) is 11.6 Å². The fourth-order valence-corrected chi connectivity index (χ4v) is 3.93. The first kappa shape index (κ1) is 20.7. The molecule has 3 aromatic rings. The van der Waals surface area contributed by atoms with E-state index in [4.69, 9.17) is 23.9 Å². The van der Waals surface area contributed by atoms with Crippen LogP contribution >= 0.6 is 0 Å². The molecule has 0 amide bonds. The van der Waals surface area contributed by atoms with E-state index in [0.29, 0.717) is 55.3 Å². The summed E-state index contributed by atoms with van der Waals surface area (Å²) in [4.78, 5) is 9.16. The van der Waals surface area contributed by atoms with Crippen molar-refractivity contribution >= 4 is 22.7 Å². The predicted octanol–water partition coefficient (Wildman–Crippen LogP) is 2.19. The number of hydrogen-bond acceptors (Lipinski definition) is 9. The Morgan fingerprint density at radius 1 is 1.25 bits per heavy atom. The van der Waals surface area contributed by atoms with Gasteiger partial charge >= 0.3 is 0 Å². The van der Waals surface area contributed by atoms with Gasteiger partial charge in [0.05, 0.1) is 50.8 Å². The van der Waals surface area contributed by atoms with Gasteiger partial charge in [-0.3, -0.25) is 4.68 Å². The number of hydrogen-bond donors (Lipinski definition) is 1. The van der Waals surface area contributed by atoms with Crippen LogP contribution in [0.3, 0.4) is 0 Å². The monoisotopic (exact) mass is 439 g/mol. The number of nitrogens with one attached hydrogen (secondary N) is 1. The van der Waals surface area contributed by atoms with Crippen LogP contribution < -0.4 is 10.1 Å². The summed E-state index contributed by atoms with van der Waals surface area (Å²) in [6.45, 7) is 6.07. The molecule has 2 atom stereocenters. The molecule has 168 valence electrons. The molecule has 2 aliphatic heterocycles. The minimum absolute atomic E-state index is 0.0382. The summed E-state index contributed by atoms with van der Waals surface area (Å²) in [6, 6.07) is 4.08. The Morgan fingerprint density at radius 3 is 2.75 bits per heavy atom. The first-order valence-corrected chi connectivity index (χ1v) is 10.6. The highest BCUT2D eigenvalue weighted by Crippen LogP contribution is 2.32. The molecule has 2 aliphatic rings. The van der Waals surface area contributed by atoms with Gasteiger partial charge in [-0.15, -0.1) is 5.10 Å². The number of anilines is 2. The summed E-state index contributed by atoms with van der Waals surface area (Å²) in [5.74, 6) is 0.861. The molecular weight excluding hydrogens is 414 g/mol. The minimum Gasteiger partial charge on any atom is -0.472 e. The topological polar surface area (TPSA) is 121 Å². The van der Waals surface area contributed by atoms with Crippen molar-refractivity contribution in [2.45, 2.75) is 38.1 Å². The Kier molecular flexibility index (Phi) is 5.42. The number of ether oxygens (including phenoxy) is 4. The summed E-state index contributed by atoms with van der Waals surface area (Å²) >= 11 is 0. The fraction of sp³-hybridized carbons (Fsp3) is 0.524. The SMILES string of the molecule is CO[C@H]1COC[C@H]1n1c(C#N)cc2cnc(Nc3cn(C4COC4)nc3OC(C)C)nc21. The molecule has 0 bridgehead atoms. The maximum absolute atomic E-state index is 9.69. The second-order valence-electron chi connectivity index (χ2n) is 8.17. The van der Waals surface area contributed by atoms with E-state index in [9.17, 15) is 5.26 Å². The van der Waals surface area contributed by atoms with Crippen molar-refractivity contribution in [3.63, 3.8) is 0 Å². The van der Waals surface area contributed by atoms with Crippen LogP contribution in [0.25, 0.3) is 11.0 Å². The van der Waals surface area contributed by atoms with Gasteiger partial charge in [-0.05, 0) is 19.9 Å². The quantitative estimate of drug-likeness (QED) is 0.590. The van der Waals surface area contributed by atoms with Gasteiger partial charge in [0.2, 0.25) is 5.95 Å². The third-order valence-corrected chi connectivity index (χ3v) is 5.61. The first-order chi connectivity index (χ1) is 15.6. The van der Waals surface area contributed by atoms with Crippen molar-refractivity contribution in [2.24, 2.45) is 0 Å². The molecule has 1 N–H and O–H groups in total. The van der Waals surface area contributed by atoms with Gasteiger partial charge in [0.15, 0.2) is 0 Å². The maximum atomic E-state index is 9.69. The molecule has 0 saturated carbocycles. The summed E-state index contributed by atoms with van der Waals surface area (Å²) < 4.78 is 26.1. The van der Waals surface area contributed by atoms with Gasteiger partial charge in [0.25, 0.3) is 5.88 Å². The van der Waals surface area contributed by atoms with Gasteiger partial charge in [0.1, 0.15) is 29.2 Å². The summed E-state index contributed by atoms with van der Waals surface area (Å²) in [6.07, 6.45) is 3.39. The van der Waals surface area contributed by atoms with Crippen molar-refractivity contribution in [2.75, 3.05) is 38.9 Å². The Morgan fingerprint density at radius 2 is 2.06 bits per heavy atom. The third kappa shape index (κ3) is 3.66. The largest absolute Gasteiger partial charge is 0.472 e. The van der Waals surface area contributed by atoms with Crippen LogP contribution in [-0.4, -0.2) is 70.1 Å². The van der Waals surface area contributed by atoms with Crippen LogP contribution in [0.2, 0.25) is 0 Å². The second kappa shape index (κ2) is 8.38. The molecule has 0 aliphatic carbocycles. The fourth-order valence-electron chi connectivity index (χ4n) is 3.93. The van der Waals surface area contributed by atoms with E-state index >= 15 is 0 Å².